The Labute approximate surface area is 95.1 Å². The van der Waals surface area contributed by atoms with Crippen LogP contribution in [-0.2, 0) is 9.53 Å². The molecule has 0 aliphatic carbocycles. The van der Waals surface area contributed by atoms with Crippen molar-refractivity contribution >= 4 is 12.0 Å². The molecule has 16 heavy (non-hydrogen) atoms. The van der Waals surface area contributed by atoms with E-state index in [-0.39, 0.29) is 17.9 Å². The fourth-order valence-corrected chi connectivity index (χ4v) is 1.47. The van der Waals surface area contributed by atoms with E-state index < -0.39 is 0 Å². The van der Waals surface area contributed by atoms with Crippen molar-refractivity contribution in [3.63, 3.8) is 0 Å². The topological polar surface area (TPSA) is 79.5 Å². The minimum absolute atomic E-state index is 0.0217. The molecular formula is C10H19N3O3. The molecule has 0 aromatic heterocycles. The molecule has 0 saturated carbocycles. The number of amides is 2. The number of hydrogen-bond acceptors (Lipinski definition) is 4. The zero-order valence-corrected chi connectivity index (χ0v) is 9.54. The molecule has 92 valence electrons. The Balaban J connectivity index is 1.99. The molecule has 1 aliphatic heterocycles. The Kier molecular flexibility index (Phi) is 5.63. The van der Waals surface area contributed by atoms with Gasteiger partial charge in [0.2, 0.25) is 5.91 Å². The highest BCUT2D eigenvalue weighted by Gasteiger charge is 2.22. The molecule has 0 spiro atoms. The van der Waals surface area contributed by atoms with Crippen LogP contribution in [0.5, 0.6) is 0 Å². The van der Waals surface area contributed by atoms with Gasteiger partial charge in [0.05, 0.1) is 12.5 Å². The monoisotopic (exact) mass is 229 g/mol. The second-order valence-corrected chi connectivity index (χ2v) is 3.77. The van der Waals surface area contributed by atoms with E-state index in [9.17, 15) is 9.59 Å². The molecule has 1 heterocycles. The molecular weight excluding hydrogens is 210 g/mol. The van der Waals surface area contributed by atoms with Crippen molar-refractivity contribution in [1.82, 2.24) is 16.2 Å². The van der Waals surface area contributed by atoms with Gasteiger partial charge in [0.1, 0.15) is 0 Å². The summed E-state index contributed by atoms with van der Waals surface area (Å²) in [4.78, 5) is 22.2. The van der Waals surface area contributed by atoms with E-state index in [0.717, 1.165) is 19.3 Å². The highest BCUT2D eigenvalue weighted by Crippen LogP contribution is 2.07. The predicted molar refractivity (Wildman–Crippen MR) is 58.5 cm³/mol. The molecule has 6 heteroatoms. The Morgan fingerprint density at radius 3 is 3.06 bits per heavy atom. The molecule has 0 aromatic carbocycles. The largest absolute Gasteiger partial charge is 0.450 e. The molecule has 1 aliphatic rings. The first kappa shape index (κ1) is 12.8. The Morgan fingerprint density at radius 2 is 2.44 bits per heavy atom. The summed E-state index contributed by atoms with van der Waals surface area (Å²) in [6.45, 7) is 3.60. The van der Waals surface area contributed by atoms with Crippen molar-refractivity contribution in [3.8, 4) is 0 Å². The number of nitrogens with one attached hydrogen (secondary N) is 3. The lowest BCUT2D eigenvalue weighted by atomic mass is 10.0. The molecule has 0 bridgehead atoms. The molecule has 1 saturated heterocycles. The van der Waals surface area contributed by atoms with Crippen LogP contribution in [-0.4, -0.2) is 31.7 Å². The fraction of sp³-hybridized carbons (Fsp3) is 0.800. The zero-order chi connectivity index (χ0) is 11.8. The number of carbonyl (C=O) groups is 2. The van der Waals surface area contributed by atoms with Gasteiger partial charge in [-0.3, -0.25) is 10.2 Å². The SMILES string of the molecule is CCCOC(=O)NCCCC1CNNC1=O. The van der Waals surface area contributed by atoms with Crippen molar-refractivity contribution in [2.24, 2.45) is 5.92 Å². The van der Waals surface area contributed by atoms with Crippen LogP contribution in [0.3, 0.4) is 0 Å². The van der Waals surface area contributed by atoms with Crippen LogP contribution in [0.4, 0.5) is 4.79 Å². The van der Waals surface area contributed by atoms with Crippen LogP contribution in [0.15, 0.2) is 0 Å². The van der Waals surface area contributed by atoms with Crippen molar-refractivity contribution < 1.29 is 14.3 Å². The van der Waals surface area contributed by atoms with E-state index in [4.69, 9.17) is 4.74 Å². The van der Waals surface area contributed by atoms with E-state index in [1.807, 2.05) is 6.92 Å². The maximum atomic E-state index is 11.2. The quantitative estimate of drug-likeness (QED) is 0.567. The molecule has 1 atom stereocenters. The van der Waals surface area contributed by atoms with Crippen LogP contribution in [0.1, 0.15) is 26.2 Å². The number of rotatable bonds is 6. The van der Waals surface area contributed by atoms with E-state index in [1.54, 1.807) is 0 Å². The number of hydrogen-bond donors (Lipinski definition) is 3. The number of hydrazine groups is 1. The van der Waals surface area contributed by atoms with Crippen molar-refractivity contribution in [2.75, 3.05) is 19.7 Å². The first-order valence-electron chi connectivity index (χ1n) is 5.67. The second-order valence-electron chi connectivity index (χ2n) is 3.77. The number of ether oxygens (including phenoxy) is 1. The fourth-order valence-electron chi connectivity index (χ4n) is 1.47. The predicted octanol–water partition coefficient (Wildman–Crippen LogP) is 0.153. The molecule has 1 rings (SSSR count). The van der Waals surface area contributed by atoms with Gasteiger partial charge in [-0.2, -0.15) is 0 Å². The van der Waals surface area contributed by atoms with Gasteiger partial charge in [0.15, 0.2) is 0 Å². The molecule has 0 radical (unpaired) electrons. The first-order valence-corrected chi connectivity index (χ1v) is 5.67. The Bertz CT molecular complexity index is 245. The van der Waals surface area contributed by atoms with E-state index in [1.165, 1.54) is 0 Å². The van der Waals surface area contributed by atoms with Gasteiger partial charge in [-0.25, -0.2) is 10.2 Å². The lowest BCUT2D eigenvalue weighted by Crippen LogP contribution is -2.27. The maximum absolute atomic E-state index is 11.2. The summed E-state index contributed by atoms with van der Waals surface area (Å²) < 4.78 is 4.84. The van der Waals surface area contributed by atoms with Crippen molar-refractivity contribution in [2.45, 2.75) is 26.2 Å². The third-order valence-corrected chi connectivity index (χ3v) is 2.37. The third-order valence-electron chi connectivity index (χ3n) is 2.37. The van der Waals surface area contributed by atoms with Crippen LogP contribution in [0, 0.1) is 5.92 Å². The van der Waals surface area contributed by atoms with Gasteiger partial charge in [-0.05, 0) is 19.3 Å². The standard InChI is InChI=1S/C10H19N3O3/c1-2-6-16-10(15)11-5-3-4-8-7-12-13-9(8)14/h8,12H,2-7H2,1H3,(H,11,15)(H,13,14). The number of carbonyl (C=O) groups excluding carboxylic acids is 2. The summed E-state index contributed by atoms with van der Waals surface area (Å²) in [5.41, 5.74) is 5.33. The normalized spacial score (nSPS) is 19.3. The van der Waals surface area contributed by atoms with Crippen molar-refractivity contribution in [1.29, 1.82) is 0 Å². The summed E-state index contributed by atoms with van der Waals surface area (Å²) >= 11 is 0. The van der Waals surface area contributed by atoms with Crippen LogP contribution >= 0.6 is 0 Å². The average Bonchev–Trinajstić information content (AvgIpc) is 2.67. The molecule has 3 N–H and O–H groups in total. The zero-order valence-electron chi connectivity index (χ0n) is 9.54. The summed E-state index contributed by atoms with van der Waals surface area (Å²) in [7, 11) is 0. The molecule has 2 amide bonds. The highest BCUT2D eigenvalue weighted by molar-refractivity contribution is 5.80. The molecule has 1 unspecified atom stereocenters. The van der Waals surface area contributed by atoms with E-state index in [2.05, 4.69) is 16.2 Å². The smallest absolute Gasteiger partial charge is 0.407 e. The van der Waals surface area contributed by atoms with Gasteiger partial charge in [-0.1, -0.05) is 6.92 Å². The molecule has 6 nitrogen and oxygen atoms in total. The van der Waals surface area contributed by atoms with Crippen LogP contribution in [0.25, 0.3) is 0 Å². The highest BCUT2D eigenvalue weighted by atomic mass is 16.5. The molecule has 0 aromatic rings. The lowest BCUT2D eigenvalue weighted by molar-refractivity contribution is -0.122. The first-order chi connectivity index (χ1) is 7.74. The lowest BCUT2D eigenvalue weighted by Gasteiger charge is -2.07. The van der Waals surface area contributed by atoms with E-state index in [0.29, 0.717) is 19.7 Å². The minimum Gasteiger partial charge on any atom is -0.450 e. The summed E-state index contributed by atoms with van der Waals surface area (Å²) in [5.74, 6) is 0.0574. The van der Waals surface area contributed by atoms with Gasteiger partial charge >= 0.3 is 6.09 Å². The number of alkyl carbamates (subject to hydrolysis) is 1. The minimum atomic E-state index is -0.379. The third kappa shape index (κ3) is 4.48. The molecule has 1 fully saturated rings. The van der Waals surface area contributed by atoms with Gasteiger partial charge in [-0.15, -0.1) is 0 Å². The summed E-state index contributed by atoms with van der Waals surface area (Å²) in [6, 6.07) is 0. The van der Waals surface area contributed by atoms with E-state index >= 15 is 0 Å². The average molecular weight is 229 g/mol. The van der Waals surface area contributed by atoms with Gasteiger partial charge in [0, 0.05) is 13.1 Å². The maximum Gasteiger partial charge on any atom is 0.407 e. The van der Waals surface area contributed by atoms with Crippen LogP contribution < -0.4 is 16.2 Å². The van der Waals surface area contributed by atoms with Gasteiger partial charge in [0.25, 0.3) is 0 Å². The summed E-state index contributed by atoms with van der Waals surface area (Å²) in [5, 5.41) is 2.64. The second kappa shape index (κ2) is 7.05. The van der Waals surface area contributed by atoms with Gasteiger partial charge < -0.3 is 10.1 Å². The van der Waals surface area contributed by atoms with Crippen LogP contribution in [0.2, 0.25) is 0 Å². The Morgan fingerprint density at radius 1 is 1.62 bits per heavy atom. The summed E-state index contributed by atoms with van der Waals surface area (Å²) in [6.07, 6.45) is 1.99. The Hall–Kier alpha value is -1.30. The van der Waals surface area contributed by atoms with Crippen molar-refractivity contribution in [3.05, 3.63) is 0 Å².